The molecule has 5 nitrogen and oxygen atoms in total. The molecular formula is C17H17N3O2. The molecule has 112 valence electrons. The van der Waals surface area contributed by atoms with Gasteiger partial charge in [0.1, 0.15) is 0 Å². The van der Waals surface area contributed by atoms with Crippen molar-refractivity contribution >= 4 is 16.8 Å². The minimum atomic E-state index is -0.571. The zero-order chi connectivity index (χ0) is 16.0. The van der Waals surface area contributed by atoms with Crippen LogP contribution in [0.5, 0.6) is 0 Å². The molecule has 0 saturated heterocycles. The van der Waals surface area contributed by atoms with E-state index in [1.807, 2.05) is 25.1 Å². The van der Waals surface area contributed by atoms with Crippen LogP contribution in [0.15, 0.2) is 29.3 Å². The predicted octanol–water partition coefficient (Wildman–Crippen LogP) is 2.56. The van der Waals surface area contributed by atoms with Gasteiger partial charge in [-0.2, -0.15) is 0 Å². The van der Waals surface area contributed by atoms with Gasteiger partial charge in [-0.3, -0.25) is 9.59 Å². The van der Waals surface area contributed by atoms with Crippen molar-refractivity contribution in [2.75, 3.05) is 0 Å². The molecule has 2 aliphatic carbocycles. The van der Waals surface area contributed by atoms with Crippen LogP contribution in [0.3, 0.4) is 0 Å². The van der Waals surface area contributed by atoms with Gasteiger partial charge in [0.05, 0.1) is 22.8 Å². The zero-order valence-corrected chi connectivity index (χ0v) is 12.7. The Bertz CT molecular complexity index is 925. The first-order valence-corrected chi connectivity index (χ1v) is 7.15. The van der Waals surface area contributed by atoms with E-state index in [1.54, 1.807) is 0 Å². The largest absolute Gasteiger partial charge is 0.366 e. The number of primary amides is 1. The lowest BCUT2D eigenvalue weighted by Gasteiger charge is -2.03. The summed E-state index contributed by atoms with van der Waals surface area (Å²) in [7, 11) is 0. The maximum absolute atomic E-state index is 12.3. The summed E-state index contributed by atoms with van der Waals surface area (Å²) in [6, 6.07) is 5.93. The summed E-state index contributed by atoms with van der Waals surface area (Å²) in [5, 5.41) is 0.424. The van der Waals surface area contributed by atoms with Crippen molar-refractivity contribution in [2.45, 2.75) is 26.7 Å². The molecule has 22 heavy (non-hydrogen) atoms. The van der Waals surface area contributed by atoms with Crippen LogP contribution < -0.4 is 11.3 Å². The first kappa shape index (κ1) is 14.3. The molecule has 0 atom stereocenters. The van der Waals surface area contributed by atoms with Gasteiger partial charge in [-0.15, -0.1) is 0 Å². The van der Waals surface area contributed by atoms with Gasteiger partial charge < -0.3 is 10.7 Å². The van der Waals surface area contributed by atoms with Crippen LogP contribution in [-0.4, -0.2) is 15.9 Å². The van der Waals surface area contributed by atoms with Gasteiger partial charge in [0, 0.05) is 5.56 Å². The lowest BCUT2D eigenvalue weighted by molar-refractivity contribution is 0.100. The highest BCUT2D eigenvalue weighted by atomic mass is 16.1. The smallest absolute Gasteiger partial charge is 0.259 e. The molecule has 1 heterocycles. The molecule has 0 aromatic carbocycles. The standard InChI is InChI=1S/C17H17N3O2/c1-8(2)10-5-4-9(3)12-11(6-10)13-15(14(12)16(18)21)19-7-20-17(13)22/h4-8H,1-3H3,(H2,18,21)(H,19,20,22). The van der Waals surface area contributed by atoms with E-state index < -0.39 is 5.91 Å². The van der Waals surface area contributed by atoms with Crippen LogP contribution in [0.2, 0.25) is 0 Å². The number of nitrogens with zero attached hydrogens (tertiary/aromatic N) is 1. The predicted molar refractivity (Wildman–Crippen MR) is 86.3 cm³/mol. The van der Waals surface area contributed by atoms with Gasteiger partial charge >= 0.3 is 0 Å². The third-order valence-electron chi connectivity index (χ3n) is 4.02. The Kier molecular flexibility index (Phi) is 3.20. The van der Waals surface area contributed by atoms with Crippen molar-refractivity contribution in [3.8, 4) is 11.1 Å². The molecule has 0 radical (unpaired) electrons. The van der Waals surface area contributed by atoms with Crippen molar-refractivity contribution < 1.29 is 4.79 Å². The number of aromatic nitrogens is 2. The van der Waals surface area contributed by atoms with Crippen LogP contribution in [0.25, 0.3) is 22.0 Å². The second-order valence-corrected chi connectivity index (χ2v) is 5.80. The Morgan fingerprint density at radius 1 is 1.32 bits per heavy atom. The number of hydrogen-bond acceptors (Lipinski definition) is 3. The highest BCUT2D eigenvalue weighted by Gasteiger charge is 2.25. The summed E-state index contributed by atoms with van der Waals surface area (Å²) >= 11 is 0. The molecule has 0 bridgehead atoms. The first-order valence-electron chi connectivity index (χ1n) is 7.15. The van der Waals surface area contributed by atoms with Gasteiger partial charge in [-0.05, 0) is 35.6 Å². The van der Waals surface area contributed by atoms with Gasteiger partial charge in [-0.1, -0.05) is 26.0 Å². The lowest BCUT2D eigenvalue weighted by atomic mass is 10.0. The van der Waals surface area contributed by atoms with Crippen LogP contribution >= 0.6 is 0 Å². The number of hydrogen-bond donors (Lipinski definition) is 2. The Morgan fingerprint density at radius 2 is 2.05 bits per heavy atom. The van der Waals surface area contributed by atoms with E-state index in [2.05, 4.69) is 23.8 Å². The quantitative estimate of drug-likeness (QED) is 0.761. The number of aryl methyl sites for hydroxylation is 1. The summed E-state index contributed by atoms with van der Waals surface area (Å²) in [5.41, 5.74) is 9.40. The van der Waals surface area contributed by atoms with Crippen LogP contribution in [0.4, 0.5) is 0 Å². The van der Waals surface area contributed by atoms with E-state index in [0.29, 0.717) is 27.9 Å². The first-order chi connectivity index (χ1) is 10.4. The van der Waals surface area contributed by atoms with E-state index in [-0.39, 0.29) is 5.56 Å². The van der Waals surface area contributed by atoms with Gasteiger partial charge in [0.25, 0.3) is 11.5 Å². The minimum Gasteiger partial charge on any atom is -0.366 e. The molecular weight excluding hydrogens is 278 g/mol. The molecule has 0 saturated carbocycles. The van der Waals surface area contributed by atoms with E-state index in [9.17, 15) is 9.59 Å². The summed E-state index contributed by atoms with van der Waals surface area (Å²) in [6.45, 7) is 6.07. The summed E-state index contributed by atoms with van der Waals surface area (Å²) in [5.74, 6) is -0.272. The molecule has 0 fully saturated rings. The summed E-state index contributed by atoms with van der Waals surface area (Å²) in [4.78, 5) is 31.0. The molecule has 3 N–H and O–H groups in total. The lowest BCUT2D eigenvalue weighted by Crippen LogP contribution is -2.12. The Morgan fingerprint density at radius 3 is 2.68 bits per heavy atom. The normalized spacial score (nSPS) is 11.5. The van der Waals surface area contributed by atoms with Gasteiger partial charge in [-0.25, -0.2) is 4.98 Å². The number of H-pyrrole nitrogens is 1. The second-order valence-electron chi connectivity index (χ2n) is 5.80. The van der Waals surface area contributed by atoms with E-state index >= 15 is 0 Å². The fourth-order valence-corrected chi connectivity index (χ4v) is 2.89. The van der Waals surface area contributed by atoms with Crippen molar-refractivity contribution in [3.05, 3.63) is 51.6 Å². The van der Waals surface area contributed by atoms with Crippen molar-refractivity contribution in [2.24, 2.45) is 5.73 Å². The number of aromatic amines is 1. The molecule has 5 heteroatoms. The number of rotatable bonds is 2. The average Bonchev–Trinajstić information content (AvgIpc) is 2.69. The average molecular weight is 295 g/mol. The molecule has 1 aromatic heterocycles. The van der Waals surface area contributed by atoms with Crippen LogP contribution in [-0.2, 0) is 0 Å². The molecule has 1 aromatic rings. The Hall–Kier alpha value is -2.69. The minimum absolute atomic E-state index is 0.261. The number of fused-ring (bicyclic) bond motifs is 3. The molecule has 0 unspecified atom stereocenters. The summed E-state index contributed by atoms with van der Waals surface area (Å²) < 4.78 is 0. The number of carbonyl (C=O) groups excluding carboxylic acids is 1. The second kappa shape index (κ2) is 4.94. The fourth-order valence-electron chi connectivity index (χ4n) is 2.89. The van der Waals surface area contributed by atoms with E-state index in [1.165, 1.54) is 6.33 Å². The zero-order valence-electron chi connectivity index (χ0n) is 12.7. The maximum atomic E-state index is 12.3. The Labute approximate surface area is 127 Å². The highest BCUT2D eigenvalue weighted by Crippen LogP contribution is 2.38. The van der Waals surface area contributed by atoms with Crippen LogP contribution in [0.1, 0.15) is 41.3 Å². The molecule has 0 spiro atoms. The molecule has 3 rings (SSSR count). The topological polar surface area (TPSA) is 88.8 Å². The summed E-state index contributed by atoms with van der Waals surface area (Å²) in [6.07, 6.45) is 1.30. The molecule has 2 aliphatic rings. The van der Waals surface area contributed by atoms with E-state index in [4.69, 9.17) is 5.73 Å². The number of nitrogens with two attached hydrogens (primary N) is 1. The number of amides is 1. The molecule has 1 amide bonds. The van der Waals surface area contributed by atoms with Gasteiger partial charge in [0.15, 0.2) is 0 Å². The van der Waals surface area contributed by atoms with E-state index in [0.717, 1.165) is 16.7 Å². The van der Waals surface area contributed by atoms with Crippen molar-refractivity contribution in [1.82, 2.24) is 9.97 Å². The molecule has 0 aliphatic heterocycles. The third-order valence-corrected chi connectivity index (χ3v) is 4.02. The maximum Gasteiger partial charge on any atom is 0.259 e. The van der Waals surface area contributed by atoms with Crippen LogP contribution in [0, 0.1) is 6.92 Å². The fraction of sp³-hybridized carbons (Fsp3) is 0.235. The van der Waals surface area contributed by atoms with Crippen molar-refractivity contribution in [3.63, 3.8) is 0 Å². The third kappa shape index (κ3) is 1.97. The highest BCUT2D eigenvalue weighted by molar-refractivity contribution is 6.17. The van der Waals surface area contributed by atoms with Crippen molar-refractivity contribution in [1.29, 1.82) is 0 Å². The number of nitrogens with one attached hydrogen (secondary N) is 1. The number of carbonyl (C=O) groups is 1. The monoisotopic (exact) mass is 295 g/mol. The Balaban J connectivity index is 2.61. The van der Waals surface area contributed by atoms with Gasteiger partial charge in [0.2, 0.25) is 0 Å². The SMILES string of the molecule is Cc1ccc(C(C)C)cc2c3c(=O)[nH]cnc3c(C(N)=O)c1-2.